The smallest absolute Gasteiger partial charge is 0.370 e. The Bertz CT molecular complexity index is 571. The summed E-state index contributed by atoms with van der Waals surface area (Å²) in [6.07, 6.45) is 8.31. The molecule has 0 N–H and O–H groups in total. The molecule has 2 rings (SSSR count). The van der Waals surface area contributed by atoms with Gasteiger partial charge in [0.2, 0.25) is 12.6 Å². The fraction of sp³-hybridized carbons (Fsp3) is 0.826. The molecule has 2 aliphatic rings. The van der Waals surface area contributed by atoms with Crippen molar-refractivity contribution in [2.45, 2.75) is 103 Å². The van der Waals surface area contributed by atoms with Crippen LogP contribution < -0.4 is 0 Å². The average Bonchev–Trinajstić information content (AvgIpc) is 2.77. The number of carbonyl (C=O) groups is 4. The van der Waals surface area contributed by atoms with E-state index in [1.807, 2.05) is 0 Å². The van der Waals surface area contributed by atoms with Gasteiger partial charge < -0.3 is 18.9 Å². The van der Waals surface area contributed by atoms with Gasteiger partial charge >= 0.3 is 23.2 Å². The molecule has 0 aromatic rings. The van der Waals surface area contributed by atoms with Crippen LogP contribution in [0.5, 0.6) is 0 Å². The van der Waals surface area contributed by atoms with Crippen molar-refractivity contribution in [3.63, 3.8) is 0 Å². The van der Waals surface area contributed by atoms with Crippen LogP contribution in [0.15, 0.2) is 0 Å². The van der Waals surface area contributed by atoms with Gasteiger partial charge in [0.25, 0.3) is 0 Å². The van der Waals surface area contributed by atoms with Gasteiger partial charge in [0.15, 0.2) is 0 Å². The quantitative estimate of drug-likeness (QED) is 0.243. The molecule has 0 heterocycles. The molecule has 2 unspecified atom stereocenters. The van der Waals surface area contributed by atoms with E-state index in [1.54, 1.807) is 0 Å². The van der Waals surface area contributed by atoms with Crippen molar-refractivity contribution < 1.29 is 38.1 Å². The monoisotopic (exact) mass is 472 g/mol. The van der Waals surface area contributed by atoms with Gasteiger partial charge in [0.1, 0.15) is 0 Å². The van der Waals surface area contributed by atoms with E-state index < -0.39 is 23.9 Å². The van der Waals surface area contributed by atoms with E-state index in [4.69, 9.17) is 18.9 Å². The summed E-state index contributed by atoms with van der Waals surface area (Å²) in [5.74, 6) is -0.951. The lowest BCUT2D eigenvalue weighted by Gasteiger charge is -2.22. The zero-order valence-corrected chi connectivity index (χ0v) is 20.0. The third-order valence-corrected chi connectivity index (χ3v) is 6.57. The number of ether oxygens (including phenoxy) is 4. The second kappa shape index (κ2) is 14.4. The lowest BCUT2D eigenvalue weighted by atomic mass is 9.89. The van der Waals surface area contributed by atoms with Gasteiger partial charge in [-0.3, -0.25) is 14.4 Å². The van der Waals surface area contributed by atoms with Gasteiger partial charge in [-0.2, -0.15) is 0 Å². The molecule has 9 heteroatoms. The van der Waals surface area contributed by atoms with Crippen molar-refractivity contribution >= 4 is 35.0 Å². The van der Waals surface area contributed by atoms with Crippen LogP contribution >= 0.6 is 11.8 Å². The summed E-state index contributed by atoms with van der Waals surface area (Å²) in [5, 5.41) is -0.558. The molecule has 2 aliphatic carbocycles. The normalized spacial score (nSPS) is 19.4. The molecular formula is C23H36O8S. The van der Waals surface area contributed by atoms with E-state index in [-0.39, 0.29) is 30.2 Å². The van der Waals surface area contributed by atoms with Crippen molar-refractivity contribution in [3.8, 4) is 0 Å². The first-order valence-corrected chi connectivity index (χ1v) is 12.8. The molecule has 0 aliphatic heterocycles. The Morgan fingerprint density at radius 1 is 0.719 bits per heavy atom. The first-order chi connectivity index (χ1) is 15.3. The van der Waals surface area contributed by atoms with Crippen molar-refractivity contribution in [3.05, 3.63) is 0 Å². The summed E-state index contributed by atoms with van der Waals surface area (Å²) >= 11 is 0.912. The van der Waals surface area contributed by atoms with Gasteiger partial charge in [-0.25, -0.2) is 4.79 Å². The third kappa shape index (κ3) is 10.2. The van der Waals surface area contributed by atoms with Crippen LogP contribution in [-0.2, 0) is 33.3 Å². The first-order valence-electron chi connectivity index (χ1n) is 11.8. The maximum atomic E-state index is 12.1. The van der Waals surface area contributed by atoms with Crippen LogP contribution in [0.1, 0.15) is 90.9 Å². The largest absolute Gasteiger partial charge is 0.425 e. The van der Waals surface area contributed by atoms with Gasteiger partial charge in [0, 0.05) is 26.0 Å². The highest BCUT2D eigenvalue weighted by atomic mass is 32.2. The minimum atomic E-state index is -0.936. The molecule has 2 saturated carbocycles. The van der Waals surface area contributed by atoms with Crippen molar-refractivity contribution in [2.75, 3.05) is 5.75 Å². The third-order valence-electron chi connectivity index (χ3n) is 5.75. The standard InChI is InChI=1S/C23H36O8S/c1-16(29-21(25)18-10-5-3-6-11-18)28-20(24)14-9-15-32-23(27)31-17(2)30-22(26)19-12-7-4-8-13-19/h16-19H,3-15H2,1-2H3. The van der Waals surface area contributed by atoms with E-state index >= 15 is 0 Å². The number of hydrogen-bond acceptors (Lipinski definition) is 9. The van der Waals surface area contributed by atoms with Crippen LogP contribution in [0.2, 0.25) is 0 Å². The van der Waals surface area contributed by atoms with Gasteiger partial charge in [0.05, 0.1) is 11.8 Å². The minimum absolute atomic E-state index is 0.0951. The Labute approximate surface area is 194 Å². The van der Waals surface area contributed by atoms with Crippen molar-refractivity contribution in [1.29, 1.82) is 0 Å². The molecule has 8 nitrogen and oxygen atoms in total. The topological polar surface area (TPSA) is 105 Å². The molecule has 0 aromatic carbocycles. The molecule has 2 fully saturated rings. The van der Waals surface area contributed by atoms with Crippen LogP contribution in [0.3, 0.4) is 0 Å². The molecule has 0 aromatic heterocycles. The van der Waals surface area contributed by atoms with Crippen LogP contribution in [0.25, 0.3) is 0 Å². The number of rotatable bonds is 10. The summed E-state index contributed by atoms with van der Waals surface area (Å²) in [6.45, 7) is 3.05. The summed E-state index contributed by atoms with van der Waals surface area (Å²) in [4.78, 5) is 47.9. The fourth-order valence-corrected chi connectivity index (χ4v) is 4.69. The Morgan fingerprint density at radius 2 is 1.19 bits per heavy atom. The predicted octanol–water partition coefficient (Wildman–Crippen LogP) is 5.12. The van der Waals surface area contributed by atoms with Crippen LogP contribution in [0.4, 0.5) is 4.79 Å². The zero-order chi connectivity index (χ0) is 23.3. The SMILES string of the molecule is CC(OC(=O)CCCSC(=O)OC(C)OC(=O)C1CCCCC1)OC(=O)C1CCCCC1. The molecule has 2 atom stereocenters. The van der Waals surface area contributed by atoms with Gasteiger partial charge in [-0.05, 0) is 43.9 Å². The lowest BCUT2D eigenvalue weighted by Crippen LogP contribution is -2.27. The van der Waals surface area contributed by atoms with Crippen molar-refractivity contribution in [1.82, 2.24) is 0 Å². The average molecular weight is 473 g/mol. The van der Waals surface area contributed by atoms with Crippen LogP contribution in [-0.4, -0.2) is 41.5 Å². The Morgan fingerprint density at radius 3 is 1.69 bits per heavy atom. The van der Waals surface area contributed by atoms with E-state index in [9.17, 15) is 19.2 Å². The second-order valence-electron chi connectivity index (χ2n) is 8.49. The second-order valence-corrected chi connectivity index (χ2v) is 9.52. The number of hydrogen-bond donors (Lipinski definition) is 0. The highest BCUT2D eigenvalue weighted by Gasteiger charge is 2.26. The van der Waals surface area contributed by atoms with Gasteiger partial charge in [-0.15, -0.1) is 0 Å². The molecule has 32 heavy (non-hydrogen) atoms. The highest BCUT2D eigenvalue weighted by Crippen LogP contribution is 2.26. The molecule has 0 saturated heterocycles. The lowest BCUT2D eigenvalue weighted by molar-refractivity contribution is -0.188. The number of thioether (sulfide) groups is 1. The highest BCUT2D eigenvalue weighted by molar-refractivity contribution is 8.13. The zero-order valence-electron chi connectivity index (χ0n) is 19.2. The van der Waals surface area contributed by atoms with E-state index in [1.165, 1.54) is 13.8 Å². The van der Waals surface area contributed by atoms with Gasteiger partial charge in [-0.1, -0.05) is 38.5 Å². The first kappa shape index (κ1) is 26.5. The van der Waals surface area contributed by atoms with E-state index in [2.05, 4.69) is 0 Å². The summed E-state index contributed by atoms with van der Waals surface area (Å²) < 4.78 is 20.6. The molecule has 0 bridgehead atoms. The molecule has 0 amide bonds. The van der Waals surface area contributed by atoms with Crippen LogP contribution in [0, 0.1) is 11.8 Å². The summed E-state index contributed by atoms with van der Waals surface area (Å²) in [6, 6.07) is 0. The molecular weight excluding hydrogens is 436 g/mol. The number of carbonyl (C=O) groups excluding carboxylic acids is 4. The van der Waals surface area contributed by atoms with E-state index in [0.29, 0.717) is 12.2 Å². The fourth-order valence-electron chi connectivity index (χ4n) is 4.03. The summed E-state index contributed by atoms with van der Waals surface area (Å²) in [7, 11) is 0. The maximum Gasteiger partial charge on any atom is 0.370 e. The Hall–Kier alpha value is -1.77. The number of esters is 3. The minimum Gasteiger partial charge on any atom is -0.425 e. The molecule has 0 spiro atoms. The predicted molar refractivity (Wildman–Crippen MR) is 119 cm³/mol. The molecule has 182 valence electrons. The molecule has 0 radical (unpaired) electrons. The van der Waals surface area contributed by atoms with Crippen molar-refractivity contribution in [2.24, 2.45) is 11.8 Å². The Kier molecular flexibility index (Phi) is 11.9. The maximum absolute atomic E-state index is 12.1. The summed E-state index contributed by atoms with van der Waals surface area (Å²) in [5.41, 5.74) is 0. The Balaban J connectivity index is 1.52. The van der Waals surface area contributed by atoms with E-state index in [0.717, 1.165) is 76.0 Å².